The van der Waals surface area contributed by atoms with Crippen LogP contribution in [0.25, 0.3) is 0 Å². The number of nitrogens with zero attached hydrogens (tertiary/aromatic N) is 1. The first-order valence-corrected chi connectivity index (χ1v) is 6.68. The van der Waals surface area contributed by atoms with Crippen molar-refractivity contribution in [2.24, 2.45) is 0 Å². The van der Waals surface area contributed by atoms with Gasteiger partial charge in [0.1, 0.15) is 10.8 Å². The SMILES string of the molecule is CNc1nc(OCCCOCCOC)c(Cl)cc1Cl. The van der Waals surface area contributed by atoms with Crippen molar-refractivity contribution in [2.75, 3.05) is 45.9 Å². The Kier molecular flexibility index (Phi) is 7.90. The third-order valence-electron chi connectivity index (χ3n) is 2.24. The van der Waals surface area contributed by atoms with Crippen LogP contribution in [0.15, 0.2) is 6.07 Å². The Morgan fingerprint density at radius 3 is 2.63 bits per heavy atom. The zero-order chi connectivity index (χ0) is 14.1. The van der Waals surface area contributed by atoms with Crippen molar-refractivity contribution in [2.45, 2.75) is 6.42 Å². The summed E-state index contributed by atoms with van der Waals surface area (Å²) < 4.78 is 15.7. The zero-order valence-corrected chi connectivity index (χ0v) is 12.6. The fourth-order valence-corrected chi connectivity index (χ4v) is 1.81. The molecule has 0 unspecified atom stereocenters. The average Bonchev–Trinajstić information content (AvgIpc) is 2.40. The Bertz CT molecular complexity index is 391. The number of aromatic nitrogens is 1. The lowest BCUT2D eigenvalue weighted by Gasteiger charge is -2.10. The smallest absolute Gasteiger partial charge is 0.234 e. The first kappa shape index (κ1) is 16.3. The highest BCUT2D eigenvalue weighted by molar-refractivity contribution is 6.36. The third-order valence-corrected chi connectivity index (χ3v) is 2.80. The Hall–Kier alpha value is -0.750. The number of rotatable bonds is 9. The summed E-state index contributed by atoms with van der Waals surface area (Å²) in [5.41, 5.74) is 0. The summed E-state index contributed by atoms with van der Waals surface area (Å²) in [7, 11) is 3.37. The molecule has 0 spiro atoms. The van der Waals surface area contributed by atoms with Gasteiger partial charge in [-0.1, -0.05) is 23.2 Å². The molecule has 1 heterocycles. The van der Waals surface area contributed by atoms with Gasteiger partial charge in [0.2, 0.25) is 5.88 Å². The molecule has 0 aromatic carbocycles. The molecule has 0 fully saturated rings. The van der Waals surface area contributed by atoms with Gasteiger partial charge in [0.25, 0.3) is 0 Å². The molecule has 0 amide bonds. The molecular weight excluding hydrogens is 291 g/mol. The molecule has 0 atom stereocenters. The van der Waals surface area contributed by atoms with E-state index >= 15 is 0 Å². The van der Waals surface area contributed by atoms with Crippen LogP contribution in [0.2, 0.25) is 10.0 Å². The molecule has 1 rings (SSSR count). The van der Waals surface area contributed by atoms with E-state index in [0.29, 0.717) is 48.2 Å². The molecule has 108 valence electrons. The van der Waals surface area contributed by atoms with E-state index in [1.54, 1.807) is 20.2 Å². The molecule has 0 saturated heterocycles. The highest BCUT2D eigenvalue weighted by atomic mass is 35.5. The number of nitrogens with one attached hydrogen (secondary N) is 1. The van der Waals surface area contributed by atoms with Gasteiger partial charge in [0.15, 0.2) is 0 Å². The van der Waals surface area contributed by atoms with E-state index in [0.717, 1.165) is 6.42 Å². The second-order valence-electron chi connectivity index (χ2n) is 3.66. The lowest BCUT2D eigenvalue weighted by Crippen LogP contribution is -2.08. The summed E-state index contributed by atoms with van der Waals surface area (Å²) >= 11 is 11.9. The van der Waals surface area contributed by atoms with Crippen LogP contribution >= 0.6 is 23.2 Å². The largest absolute Gasteiger partial charge is 0.476 e. The molecule has 0 aliphatic heterocycles. The topological polar surface area (TPSA) is 52.6 Å². The maximum absolute atomic E-state index is 5.99. The van der Waals surface area contributed by atoms with Gasteiger partial charge in [-0.25, -0.2) is 0 Å². The van der Waals surface area contributed by atoms with Crippen LogP contribution < -0.4 is 10.1 Å². The number of halogens is 2. The summed E-state index contributed by atoms with van der Waals surface area (Å²) in [6.07, 6.45) is 0.749. The van der Waals surface area contributed by atoms with Gasteiger partial charge >= 0.3 is 0 Å². The summed E-state index contributed by atoms with van der Waals surface area (Å²) in [6.45, 7) is 2.26. The van der Waals surface area contributed by atoms with Crippen molar-refractivity contribution in [1.82, 2.24) is 4.98 Å². The number of ether oxygens (including phenoxy) is 3. The van der Waals surface area contributed by atoms with Crippen molar-refractivity contribution in [3.8, 4) is 5.88 Å². The highest BCUT2D eigenvalue weighted by Crippen LogP contribution is 2.30. The second-order valence-corrected chi connectivity index (χ2v) is 4.48. The van der Waals surface area contributed by atoms with E-state index in [1.165, 1.54) is 0 Å². The average molecular weight is 309 g/mol. The molecule has 5 nitrogen and oxygen atoms in total. The summed E-state index contributed by atoms with van der Waals surface area (Å²) in [5, 5.41) is 3.72. The maximum Gasteiger partial charge on any atom is 0.234 e. The number of methoxy groups -OCH3 is 1. The monoisotopic (exact) mass is 308 g/mol. The molecule has 0 radical (unpaired) electrons. The minimum Gasteiger partial charge on any atom is -0.476 e. The van der Waals surface area contributed by atoms with Crippen LogP contribution in [-0.4, -0.2) is 45.6 Å². The Balaban J connectivity index is 2.33. The van der Waals surface area contributed by atoms with Crippen molar-refractivity contribution < 1.29 is 14.2 Å². The predicted molar refractivity (Wildman–Crippen MR) is 76.6 cm³/mol. The van der Waals surface area contributed by atoms with Gasteiger partial charge in [0, 0.05) is 27.2 Å². The van der Waals surface area contributed by atoms with Crippen molar-refractivity contribution in [3.63, 3.8) is 0 Å². The second kappa shape index (κ2) is 9.20. The minimum atomic E-state index is 0.368. The number of hydrogen-bond donors (Lipinski definition) is 1. The van der Waals surface area contributed by atoms with Crippen LogP contribution in [0.1, 0.15) is 6.42 Å². The molecule has 0 aliphatic carbocycles. The third kappa shape index (κ3) is 5.82. The fraction of sp³-hybridized carbons (Fsp3) is 0.583. The van der Waals surface area contributed by atoms with Crippen molar-refractivity contribution >= 4 is 29.0 Å². The van der Waals surface area contributed by atoms with Crippen molar-refractivity contribution in [1.29, 1.82) is 0 Å². The number of hydrogen-bond acceptors (Lipinski definition) is 5. The van der Waals surface area contributed by atoms with Crippen LogP contribution in [0.3, 0.4) is 0 Å². The van der Waals surface area contributed by atoms with E-state index in [-0.39, 0.29) is 0 Å². The highest BCUT2D eigenvalue weighted by Gasteiger charge is 2.09. The van der Waals surface area contributed by atoms with Crippen LogP contribution in [0.5, 0.6) is 5.88 Å². The molecule has 19 heavy (non-hydrogen) atoms. The molecule has 7 heteroatoms. The zero-order valence-electron chi connectivity index (χ0n) is 11.0. The maximum atomic E-state index is 5.99. The van der Waals surface area contributed by atoms with E-state index in [9.17, 15) is 0 Å². The molecule has 0 bridgehead atoms. The number of anilines is 1. The van der Waals surface area contributed by atoms with Crippen LogP contribution in [0.4, 0.5) is 5.82 Å². The van der Waals surface area contributed by atoms with E-state index < -0.39 is 0 Å². The normalized spacial score (nSPS) is 10.5. The van der Waals surface area contributed by atoms with Gasteiger partial charge in [-0.15, -0.1) is 0 Å². The van der Waals surface area contributed by atoms with E-state index in [1.807, 2.05) is 0 Å². The standard InChI is InChI=1S/C12H18Cl2N2O3/c1-15-11-9(13)8-10(14)12(16-11)19-5-3-4-18-7-6-17-2/h8H,3-7H2,1-2H3,(H,15,16). The lowest BCUT2D eigenvalue weighted by atomic mass is 10.4. The van der Waals surface area contributed by atoms with Crippen LogP contribution in [-0.2, 0) is 9.47 Å². The molecule has 1 aromatic heterocycles. The summed E-state index contributed by atoms with van der Waals surface area (Å²) in [5.74, 6) is 0.907. The van der Waals surface area contributed by atoms with E-state index in [2.05, 4.69) is 10.3 Å². The molecule has 1 aromatic rings. The molecule has 0 saturated carbocycles. The van der Waals surface area contributed by atoms with E-state index in [4.69, 9.17) is 37.4 Å². The van der Waals surface area contributed by atoms with Crippen molar-refractivity contribution in [3.05, 3.63) is 16.1 Å². The Morgan fingerprint density at radius 1 is 1.16 bits per heavy atom. The predicted octanol–water partition coefficient (Wildman–Crippen LogP) is 2.86. The summed E-state index contributed by atoms with van der Waals surface area (Å²) in [4.78, 5) is 4.18. The van der Waals surface area contributed by atoms with Gasteiger partial charge in [-0.3, -0.25) is 0 Å². The molecule has 1 N–H and O–H groups in total. The molecular formula is C12H18Cl2N2O3. The number of pyridine rings is 1. The minimum absolute atomic E-state index is 0.368. The first-order chi connectivity index (χ1) is 9.19. The fourth-order valence-electron chi connectivity index (χ4n) is 1.30. The first-order valence-electron chi connectivity index (χ1n) is 5.92. The summed E-state index contributed by atoms with van der Waals surface area (Å²) in [6, 6.07) is 1.60. The molecule has 0 aliphatic rings. The lowest BCUT2D eigenvalue weighted by molar-refractivity contribution is 0.0642. The van der Waals surface area contributed by atoms with Gasteiger partial charge in [-0.2, -0.15) is 4.98 Å². The van der Waals surface area contributed by atoms with Crippen LogP contribution in [0, 0.1) is 0 Å². The Labute approximate surface area is 123 Å². The van der Waals surface area contributed by atoms with Gasteiger partial charge in [0.05, 0.1) is 24.8 Å². The van der Waals surface area contributed by atoms with Gasteiger partial charge < -0.3 is 19.5 Å². The quantitative estimate of drug-likeness (QED) is 0.711. The van der Waals surface area contributed by atoms with Gasteiger partial charge in [-0.05, 0) is 6.07 Å². The Morgan fingerprint density at radius 2 is 1.95 bits per heavy atom.